The fourth-order valence-corrected chi connectivity index (χ4v) is 2.27. The molecule has 0 aromatic rings. The molecular weight excluding hydrogens is 160 g/mol. The summed E-state index contributed by atoms with van der Waals surface area (Å²) in [5.74, 6) is 1.47. The zero-order chi connectivity index (χ0) is 9.68. The molecule has 0 saturated carbocycles. The first-order valence-electron chi connectivity index (χ1n) is 5.67. The molecule has 0 bridgehead atoms. The lowest BCUT2D eigenvalue weighted by atomic mass is 9.84. The van der Waals surface area contributed by atoms with E-state index in [-0.39, 0.29) is 0 Å². The van der Waals surface area contributed by atoms with E-state index in [1.54, 1.807) is 0 Å². The summed E-state index contributed by atoms with van der Waals surface area (Å²) in [7, 11) is 0. The quantitative estimate of drug-likeness (QED) is 0.691. The van der Waals surface area contributed by atoms with Crippen LogP contribution in [0.1, 0.15) is 58.8 Å². The summed E-state index contributed by atoms with van der Waals surface area (Å²) in [5.41, 5.74) is 1.33. The van der Waals surface area contributed by atoms with Crippen LogP contribution in [0, 0.1) is 5.92 Å². The van der Waals surface area contributed by atoms with Gasteiger partial charge < -0.3 is 5.11 Å². The van der Waals surface area contributed by atoms with Gasteiger partial charge in [-0.25, -0.2) is 0 Å². The summed E-state index contributed by atoms with van der Waals surface area (Å²) in [6.07, 6.45) is 8.19. The maximum absolute atomic E-state index is 9.78. The van der Waals surface area contributed by atoms with Gasteiger partial charge in [-0.2, -0.15) is 0 Å². The molecule has 1 rings (SSSR count). The minimum absolute atomic E-state index is 0.714. The lowest BCUT2D eigenvalue weighted by Gasteiger charge is -2.23. The summed E-state index contributed by atoms with van der Waals surface area (Å²) >= 11 is 0. The second-order valence-corrected chi connectivity index (χ2v) is 4.20. The van der Waals surface area contributed by atoms with Crippen LogP contribution in [0.15, 0.2) is 11.3 Å². The Kier molecular flexibility index (Phi) is 4.34. The number of allylic oxidation sites excluding steroid dienone is 2. The van der Waals surface area contributed by atoms with Crippen molar-refractivity contribution in [3.8, 4) is 0 Å². The van der Waals surface area contributed by atoms with Crippen molar-refractivity contribution in [1.29, 1.82) is 0 Å². The fourth-order valence-electron chi connectivity index (χ4n) is 2.27. The monoisotopic (exact) mass is 182 g/mol. The van der Waals surface area contributed by atoms with E-state index in [4.69, 9.17) is 0 Å². The molecule has 0 aliphatic heterocycles. The molecule has 0 fully saturated rings. The van der Waals surface area contributed by atoms with Gasteiger partial charge in [0, 0.05) is 6.42 Å². The molecule has 0 heterocycles. The molecule has 0 spiro atoms. The Hall–Kier alpha value is -0.460. The van der Waals surface area contributed by atoms with Gasteiger partial charge in [-0.3, -0.25) is 0 Å². The van der Waals surface area contributed by atoms with Crippen LogP contribution >= 0.6 is 0 Å². The third kappa shape index (κ3) is 3.06. The molecule has 1 aliphatic rings. The average Bonchev–Trinajstić information content (AvgIpc) is 2.10. The van der Waals surface area contributed by atoms with Gasteiger partial charge in [0.05, 0.1) is 5.76 Å². The molecule has 1 unspecified atom stereocenters. The van der Waals surface area contributed by atoms with Crippen molar-refractivity contribution in [3.63, 3.8) is 0 Å². The van der Waals surface area contributed by atoms with Gasteiger partial charge in [0.15, 0.2) is 0 Å². The topological polar surface area (TPSA) is 20.2 Å². The van der Waals surface area contributed by atoms with Crippen LogP contribution in [0.3, 0.4) is 0 Å². The number of hydrogen-bond acceptors (Lipinski definition) is 1. The van der Waals surface area contributed by atoms with E-state index in [2.05, 4.69) is 13.8 Å². The van der Waals surface area contributed by atoms with Gasteiger partial charge in [-0.1, -0.05) is 33.1 Å². The van der Waals surface area contributed by atoms with Crippen LogP contribution in [0.5, 0.6) is 0 Å². The van der Waals surface area contributed by atoms with E-state index in [9.17, 15) is 5.11 Å². The van der Waals surface area contributed by atoms with Crippen LogP contribution < -0.4 is 0 Å². The molecule has 76 valence electrons. The molecule has 0 aromatic carbocycles. The number of hydrogen-bond donors (Lipinski definition) is 1. The summed E-state index contributed by atoms with van der Waals surface area (Å²) in [6.45, 7) is 4.40. The zero-order valence-corrected chi connectivity index (χ0v) is 8.97. The largest absolute Gasteiger partial charge is 0.512 e. The highest BCUT2D eigenvalue weighted by Crippen LogP contribution is 2.32. The highest BCUT2D eigenvalue weighted by Gasteiger charge is 2.19. The van der Waals surface area contributed by atoms with Gasteiger partial charge in [0.25, 0.3) is 0 Å². The van der Waals surface area contributed by atoms with Crippen LogP contribution in [-0.2, 0) is 0 Å². The van der Waals surface area contributed by atoms with Crippen molar-refractivity contribution in [1.82, 2.24) is 0 Å². The summed E-state index contributed by atoms with van der Waals surface area (Å²) in [5, 5.41) is 9.78. The SMILES string of the molecule is CCCC1=C(O)CC(CCC)CC1. The molecule has 1 heteroatoms. The van der Waals surface area contributed by atoms with E-state index in [1.807, 2.05) is 0 Å². The van der Waals surface area contributed by atoms with Crippen LogP contribution in [0.2, 0.25) is 0 Å². The molecule has 1 nitrogen and oxygen atoms in total. The van der Waals surface area contributed by atoms with E-state index >= 15 is 0 Å². The number of aliphatic hydroxyl groups excluding tert-OH is 1. The predicted octanol–water partition coefficient (Wildman–Crippen LogP) is 4.20. The molecule has 1 aliphatic carbocycles. The first-order chi connectivity index (χ1) is 6.27. The lowest BCUT2D eigenvalue weighted by Crippen LogP contribution is -2.10. The average molecular weight is 182 g/mol. The first kappa shape index (κ1) is 10.6. The Bertz CT molecular complexity index is 182. The second-order valence-electron chi connectivity index (χ2n) is 4.20. The maximum atomic E-state index is 9.78. The second kappa shape index (κ2) is 5.31. The molecule has 1 N–H and O–H groups in total. The van der Waals surface area contributed by atoms with Crippen molar-refractivity contribution in [2.24, 2.45) is 5.92 Å². The van der Waals surface area contributed by atoms with Crippen molar-refractivity contribution < 1.29 is 5.11 Å². The zero-order valence-electron chi connectivity index (χ0n) is 8.97. The van der Waals surface area contributed by atoms with Gasteiger partial charge in [-0.15, -0.1) is 0 Å². The first-order valence-corrected chi connectivity index (χ1v) is 5.67. The molecule has 13 heavy (non-hydrogen) atoms. The summed E-state index contributed by atoms with van der Waals surface area (Å²) < 4.78 is 0. The Labute approximate surface area is 81.9 Å². The molecule has 1 atom stereocenters. The van der Waals surface area contributed by atoms with Crippen LogP contribution in [0.4, 0.5) is 0 Å². The highest BCUT2D eigenvalue weighted by molar-refractivity contribution is 5.11. The molecule has 0 amide bonds. The van der Waals surface area contributed by atoms with E-state index < -0.39 is 0 Å². The maximum Gasteiger partial charge on any atom is 0.0917 e. The van der Waals surface area contributed by atoms with Crippen molar-refractivity contribution in [3.05, 3.63) is 11.3 Å². The minimum atomic E-state index is 0.714. The van der Waals surface area contributed by atoms with Gasteiger partial charge >= 0.3 is 0 Å². The summed E-state index contributed by atoms with van der Waals surface area (Å²) in [4.78, 5) is 0. The molecule has 0 radical (unpaired) electrons. The third-order valence-electron chi connectivity index (χ3n) is 2.99. The van der Waals surface area contributed by atoms with E-state index in [0.29, 0.717) is 5.76 Å². The fraction of sp³-hybridized carbons (Fsp3) is 0.833. The van der Waals surface area contributed by atoms with Gasteiger partial charge in [0.2, 0.25) is 0 Å². The third-order valence-corrected chi connectivity index (χ3v) is 2.99. The normalized spacial score (nSPS) is 23.7. The summed E-state index contributed by atoms with van der Waals surface area (Å²) in [6, 6.07) is 0. The van der Waals surface area contributed by atoms with Crippen LogP contribution in [0.25, 0.3) is 0 Å². The van der Waals surface area contributed by atoms with Crippen molar-refractivity contribution >= 4 is 0 Å². The smallest absolute Gasteiger partial charge is 0.0917 e. The minimum Gasteiger partial charge on any atom is -0.512 e. The number of aliphatic hydroxyl groups is 1. The molecule has 0 aromatic heterocycles. The molecular formula is C12H22O. The van der Waals surface area contributed by atoms with Gasteiger partial charge in [-0.05, 0) is 30.8 Å². The van der Waals surface area contributed by atoms with Gasteiger partial charge in [0.1, 0.15) is 0 Å². The highest BCUT2D eigenvalue weighted by atomic mass is 16.3. The Morgan fingerprint density at radius 2 is 2.08 bits per heavy atom. The Morgan fingerprint density at radius 3 is 2.62 bits per heavy atom. The van der Waals surface area contributed by atoms with Crippen molar-refractivity contribution in [2.75, 3.05) is 0 Å². The lowest BCUT2D eigenvalue weighted by molar-refractivity contribution is 0.297. The Balaban J connectivity index is 2.46. The van der Waals surface area contributed by atoms with E-state index in [1.165, 1.54) is 24.8 Å². The Morgan fingerprint density at radius 1 is 1.31 bits per heavy atom. The van der Waals surface area contributed by atoms with Crippen molar-refractivity contribution in [2.45, 2.75) is 58.8 Å². The molecule has 0 saturated heterocycles. The number of rotatable bonds is 4. The standard InChI is InChI=1S/C12H22O/c1-3-5-10-7-8-11(6-4-2)12(13)9-10/h10,13H,3-9H2,1-2H3. The predicted molar refractivity (Wildman–Crippen MR) is 56.8 cm³/mol. The van der Waals surface area contributed by atoms with Crippen LogP contribution in [-0.4, -0.2) is 5.11 Å². The van der Waals surface area contributed by atoms with E-state index in [0.717, 1.165) is 31.6 Å².